The fraction of sp³-hybridized carbons (Fsp3) is 0.222. The highest BCUT2D eigenvalue weighted by Crippen LogP contribution is 2.30. The van der Waals surface area contributed by atoms with Gasteiger partial charge in [-0.15, -0.1) is 15.0 Å². The van der Waals surface area contributed by atoms with Gasteiger partial charge in [0.1, 0.15) is 34.0 Å². The van der Waals surface area contributed by atoms with Gasteiger partial charge in [-0.2, -0.15) is 0 Å². The van der Waals surface area contributed by atoms with E-state index in [4.69, 9.17) is 9.62 Å². The van der Waals surface area contributed by atoms with Gasteiger partial charge in [-0.25, -0.2) is 4.79 Å². The standard InChI is InChI=1S/C27H27N3O6/c1-5-6-7-19-14-18(4)15-25(26(19)31)30-28-23-13-12-22(16-24(23)29-30)33-20-8-10-21(11-9-20)34-36-35-27(32)17(2)3/h8-16,31H,2,5-7H2,1,3-4H3. The number of aryl methyl sites for hydroxylation is 2. The summed E-state index contributed by atoms with van der Waals surface area (Å²) in [7, 11) is 0. The number of carbonyl (C=O) groups excluding carboxylic acids is 1. The zero-order chi connectivity index (χ0) is 25.7. The molecular weight excluding hydrogens is 462 g/mol. The minimum absolute atomic E-state index is 0.187. The number of carbonyl (C=O) groups is 1. The van der Waals surface area contributed by atoms with Crippen LogP contribution in [0.1, 0.15) is 37.8 Å². The third kappa shape index (κ3) is 5.81. The molecule has 0 saturated carbocycles. The number of benzene rings is 3. The van der Waals surface area contributed by atoms with Crippen molar-refractivity contribution in [2.45, 2.75) is 40.0 Å². The van der Waals surface area contributed by atoms with E-state index in [-0.39, 0.29) is 11.3 Å². The largest absolute Gasteiger partial charge is 0.505 e. The SMILES string of the molecule is C=C(C)C(=O)OOOc1ccc(Oc2ccc3nn(-c4cc(C)cc(CCCC)c4O)nc3c2)cc1. The van der Waals surface area contributed by atoms with Crippen LogP contribution in [0.25, 0.3) is 16.7 Å². The first-order chi connectivity index (χ1) is 17.3. The Morgan fingerprint density at radius 2 is 1.69 bits per heavy atom. The van der Waals surface area contributed by atoms with Crippen molar-refractivity contribution >= 4 is 17.0 Å². The molecule has 0 bridgehead atoms. The van der Waals surface area contributed by atoms with Gasteiger partial charge < -0.3 is 9.84 Å². The van der Waals surface area contributed by atoms with Gasteiger partial charge in [-0.3, -0.25) is 9.78 Å². The van der Waals surface area contributed by atoms with Gasteiger partial charge in [0.2, 0.25) is 0 Å². The Bertz CT molecular complexity index is 1390. The number of hydrogen-bond acceptors (Lipinski definition) is 8. The van der Waals surface area contributed by atoms with Crippen molar-refractivity contribution in [1.29, 1.82) is 0 Å². The lowest BCUT2D eigenvalue weighted by Gasteiger charge is -2.10. The summed E-state index contributed by atoms with van der Waals surface area (Å²) in [6.45, 7) is 9.05. The third-order valence-electron chi connectivity index (χ3n) is 5.33. The van der Waals surface area contributed by atoms with Crippen molar-refractivity contribution in [2.24, 2.45) is 0 Å². The maximum atomic E-state index is 11.3. The second-order valence-corrected chi connectivity index (χ2v) is 8.41. The van der Waals surface area contributed by atoms with Crippen LogP contribution in [-0.4, -0.2) is 26.1 Å². The molecule has 0 unspecified atom stereocenters. The molecule has 3 aromatic carbocycles. The molecule has 1 heterocycles. The molecule has 0 aliphatic rings. The van der Waals surface area contributed by atoms with E-state index in [1.165, 1.54) is 11.7 Å². The predicted octanol–water partition coefficient (Wildman–Crippen LogP) is 5.91. The molecule has 0 fully saturated rings. The molecule has 9 heteroatoms. The van der Waals surface area contributed by atoms with Gasteiger partial charge in [0, 0.05) is 16.7 Å². The van der Waals surface area contributed by atoms with Crippen molar-refractivity contribution in [3.8, 4) is 28.7 Å². The second-order valence-electron chi connectivity index (χ2n) is 8.41. The Kier molecular flexibility index (Phi) is 7.50. The number of rotatable bonds is 10. The van der Waals surface area contributed by atoms with Crippen molar-refractivity contribution in [2.75, 3.05) is 0 Å². The molecule has 1 aromatic heterocycles. The minimum Gasteiger partial charge on any atom is -0.505 e. The number of unbranched alkanes of at least 4 members (excludes halogenated alkanes) is 1. The Labute approximate surface area is 208 Å². The molecule has 4 rings (SSSR count). The fourth-order valence-electron chi connectivity index (χ4n) is 3.47. The van der Waals surface area contributed by atoms with E-state index < -0.39 is 5.97 Å². The molecule has 0 amide bonds. The summed E-state index contributed by atoms with van der Waals surface area (Å²) in [5.74, 6) is 0.895. The zero-order valence-electron chi connectivity index (χ0n) is 20.4. The van der Waals surface area contributed by atoms with Crippen LogP contribution in [0.2, 0.25) is 0 Å². The number of ether oxygens (including phenoxy) is 1. The van der Waals surface area contributed by atoms with Crippen LogP contribution < -0.4 is 9.62 Å². The number of hydrogen-bond donors (Lipinski definition) is 1. The Morgan fingerprint density at radius 1 is 1.00 bits per heavy atom. The molecule has 0 spiro atoms. The van der Waals surface area contributed by atoms with E-state index in [9.17, 15) is 9.90 Å². The average Bonchev–Trinajstić information content (AvgIpc) is 3.28. The molecule has 0 aliphatic heterocycles. The Morgan fingerprint density at radius 3 is 2.42 bits per heavy atom. The molecule has 9 nitrogen and oxygen atoms in total. The number of phenolic OH excluding ortho intramolecular Hbond substituents is 1. The summed E-state index contributed by atoms with van der Waals surface area (Å²) in [4.78, 5) is 22.1. The summed E-state index contributed by atoms with van der Waals surface area (Å²) in [6, 6.07) is 15.8. The Balaban J connectivity index is 1.47. The minimum atomic E-state index is -0.725. The fourth-order valence-corrected chi connectivity index (χ4v) is 3.47. The molecule has 1 N–H and O–H groups in total. The molecule has 0 saturated heterocycles. The van der Waals surface area contributed by atoms with E-state index in [2.05, 4.69) is 33.6 Å². The maximum Gasteiger partial charge on any atom is 0.372 e. The van der Waals surface area contributed by atoms with Gasteiger partial charge in [0.25, 0.3) is 0 Å². The molecule has 36 heavy (non-hydrogen) atoms. The molecule has 4 aromatic rings. The highest BCUT2D eigenvalue weighted by Gasteiger charge is 2.14. The molecule has 186 valence electrons. The first-order valence-corrected chi connectivity index (χ1v) is 11.5. The first-order valence-electron chi connectivity index (χ1n) is 11.5. The lowest BCUT2D eigenvalue weighted by atomic mass is 10.0. The van der Waals surface area contributed by atoms with E-state index in [0.29, 0.717) is 34.0 Å². The van der Waals surface area contributed by atoms with Crippen molar-refractivity contribution in [3.05, 3.63) is 77.9 Å². The van der Waals surface area contributed by atoms with Gasteiger partial charge in [-0.1, -0.05) is 26.0 Å². The van der Waals surface area contributed by atoms with E-state index in [0.717, 1.165) is 30.4 Å². The van der Waals surface area contributed by atoms with E-state index in [1.807, 2.05) is 19.1 Å². The molecule has 0 aliphatic carbocycles. The van der Waals surface area contributed by atoms with Crippen LogP contribution in [0.15, 0.2) is 66.7 Å². The van der Waals surface area contributed by atoms with Gasteiger partial charge in [0.15, 0.2) is 5.75 Å². The summed E-state index contributed by atoms with van der Waals surface area (Å²) < 4.78 is 5.92. The van der Waals surface area contributed by atoms with Gasteiger partial charge >= 0.3 is 5.97 Å². The van der Waals surface area contributed by atoms with Crippen molar-refractivity contribution in [1.82, 2.24) is 15.0 Å². The quantitative estimate of drug-likeness (QED) is 0.166. The number of aromatic nitrogens is 3. The van der Waals surface area contributed by atoms with Crippen LogP contribution in [0.3, 0.4) is 0 Å². The normalized spacial score (nSPS) is 10.9. The Hall–Kier alpha value is -4.37. The topological polar surface area (TPSA) is 105 Å². The summed E-state index contributed by atoms with van der Waals surface area (Å²) in [5, 5.41) is 24.4. The number of nitrogens with zero attached hydrogens (tertiary/aromatic N) is 3. The van der Waals surface area contributed by atoms with Crippen LogP contribution in [0.4, 0.5) is 0 Å². The average molecular weight is 490 g/mol. The maximum absolute atomic E-state index is 11.3. The lowest BCUT2D eigenvalue weighted by molar-refractivity contribution is -0.435. The number of aromatic hydroxyl groups is 1. The highest BCUT2D eigenvalue weighted by molar-refractivity contribution is 5.86. The van der Waals surface area contributed by atoms with E-state index >= 15 is 0 Å². The smallest absolute Gasteiger partial charge is 0.372 e. The van der Waals surface area contributed by atoms with Gasteiger partial charge in [0.05, 0.1) is 0 Å². The van der Waals surface area contributed by atoms with Crippen LogP contribution in [-0.2, 0) is 21.1 Å². The van der Waals surface area contributed by atoms with Crippen LogP contribution >= 0.6 is 0 Å². The number of fused-ring (bicyclic) bond motifs is 1. The van der Waals surface area contributed by atoms with Crippen LogP contribution in [0, 0.1) is 6.92 Å². The first kappa shape index (κ1) is 24.7. The van der Waals surface area contributed by atoms with Crippen molar-refractivity contribution in [3.63, 3.8) is 0 Å². The van der Waals surface area contributed by atoms with E-state index in [1.54, 1.807) is 42.5 Å². The summed E-state index contributed by atoms with van der Waals surface area (Å²) in [6.07, 6.45) is 2.84. The summed E-state index contributed by atoms with van der Waals surface area (Å²) in [5.41, 5.74) is 3.95. The molecular formula is C27H27N3O6. The summed E-state index contributed by atoms with van der Waals surface area (Å²) >= 11 is 0. The predicted molar refractivity (Wildman–Crippen MR) is 133 cm³/mol. The zero-order valence-corrected chi connectivity index (χ0v) is 20.4. The van der Waals surface area contributed by atoms with Crippen LogP contribution in [0.5, 0.6) is 23.0 Å². The molecule has 0 radical (unpaired) electrons. The van der Waals surface area contributed by atoms with Gasteiger partial charge in [-0.05, 0) is 80.3 Å². The lowest BCUT2D eigenvalue weighted by Crippen LogP contribution is -2.08. The van der Waals surface area contributed by atoms with Crippen molar-refractivity contribution < 1.29 is 29.5 Å². The third-order valence-corrected chi connectivity index (χ3v) is 5.33. The molecule has 0 atom stereocenters. The number of phenols is 1. The second kappa shape index (κ2) is 10.9. The highest BCUT2D eigenvalue weighted by atomic mass is 17.5. The monoisotopic (exact) mass is 489 g/mol.